The van der Waals surface area contributed by atoms with Crippen molar-refractivity contribution in [2.75, 3.05) is 55.8 Å². The second-order valence-electron chi connectivity index (χ2n) is 8.87. The predicted octanol–water partition coefficient (Wildman–Crippen LogP) is 1.66. The van der Waals surface area contributed by atoms with Crippen LogP contribution >= 0.6 is 0 Å². The molecular formula is C23H34N8O2. The van der Waals surface area contributed by atoms with Crippen LogP contribution in [0, 0.1) is 5.92 Å². The number of hydrogen-bond acceptors (Lipinski definition) is 9. The third-order valence-electron chi connectivity index (χ3n) is 6.46. The fourth-order valence-electron chi connectivity index (χ4n) is 4.42. The van der Waals surface area contributed by atoms with E-state index in [1.54, 1.807) is 19.2 Å². The normalized spacial score (nSPS) is 21.5. The monoisotopic (exact) mass is 454 g/mol. The van der Waals surface area contributed by atoms with Crippen LogP contribution in [0.3, 0.4) is 0 Å². The molecule has 178 valence electrons. The Bertz CT molecular complexity index is 948. The maximum Gasteiger partial charge on any atom is 0.232 e. The summed E-state index contributed by atoms with van der Waals surface area (Å²) in [4.78, 5) is 31.0. The van der Waals surface area contributed by atoms with Crippen LogP contribution in [0.15, 0.2) is 24.3 Å². The maximum atomic E-state index is 12.8. The molecule has 1 aliphatic carbocycles. The van der Waals surface area contributed by atoms with E-state index in [-0.39, 0.29) is 23.6 Å². The zero-order valence-electron chi connectivity index (χ0n) is 19.4. The first kappa shape index (κ1) is 23.0. The SMILES string of the molecule is CNc1nc(NC2CCCC(C(=O)NCc3ccccc3O)C2)nc(N2CCN(C)CC2)n1. The fourth-order valence-corrected chi connectivity index (χ4v) is 4.42. The molecule has 2 unspecified atom stereocenters. The number of anilines is 3. The number of phenolic OH excluding ortho intramolecular Hbond substituents is 1. The van der Waals surface area contributed by atoms with Crippen molar-refractivity contribution in [3.8, 4) is 5.75 Å². The zero-order chi connectivity index (χ0) is 23.2. The fraction of sp³-hybridized carbons (Fsp3) is 0.565. The largest absolute Gasteiger partial charge is 0.508 e. The van der Waals surface area contributed by atoms with Crippen LogP contribution < -0.4 is 20.9 Å². The lowest BCUT2D eigenvalue weighted by Crippen LogP contribution is -2.45. The number of para-hydroxylation sites is 1. The highest BCUT2D eigenvalue weighted by Crippen LogP contribution is 2.27. The van der Waals surface area contributed by atoms with E-state index in [0.717, 1.165) is 57.4 Å². The number of carbonyl (C=O) groups is 1. The molecule has 4 rings (SSSR count). The molecule has 33 heavy (non-hydrogen) atoms. The van der Waals surface area contributed by atoms with Gasteiger partial charge in [0.05, 0.1) is 0 Å². The summed E-state index contributed by atoms with van der Waals surface area (Å²) in [6.07, 6.45) is 3.50. The molecule has 1 aliphatic heterocycles. The lowest BCUT2D eigenvalue weighted by atomic mass is 9.85. The standard InChI is InChI=1S/C23H34N8O2/c1-24-21-27-22(29-23(28-21)31-12-10-30(2)11-13-31)26-18-8-5-7-16(14-18)20(33)25-15-17-6-3-4-9-19(17)32/h3-4,6,9,16,18,32H,5,7-8,10-15H2,1-2H3,(H,25,33)(H2,24,26,27,28,29). The van der Waals surface area contributed by atoms with Crippen LogP contribution in [0.4, 0.5) is 17.8 Å². The highest BCUT2D eigenvalue weighted by molar-refractivity contribution is 5.78. The van der Waals surface area contributed by atoms with Gasteiger partial charge in [0.2, 0.25) is 23.8 Å². The lowest BCUT2D eigenvalue weighted by molar-refractivity contribution is -0.126. The van der Waals surface area contributed by atoms with Crippen molar-refractivity contribution in [3.05, 3.63) is 29.8 Å². The van der Waals surface area contributed by atoms with E-state index in [0.29, 0.717) is 24.4 Å². The van der Waals surface area contributed by atoms with Gasteiger partial charge in [-0.1, -0.05) is 24.6 Å². The van der Waals surface area contributed by atoms with Gasteiger partial charge < -0.3 is 30.9 Å². The number of piperazine rings is 1. The molecule has 10 nitrogen and oxygen atoms in total. The van der Waals surface area contributed by atoms with Gasteiger partial charge in [0.25, 0.3) is 0 Å². The molecule has 0 spiro atoms. The summed E-state index contributed by atoms with van der Waals surface area (Å²) >= 11 is 0. The van der Waals surface area contributed by atoms with Gasteiger partial charge in [0.15, 0.2) is 0 Å². The minimum Gasteiger partial charge on any atom is -0.508 e. The Morgan fingerprint density at radius 1 is 1.09 bits per heavy atom. The Kier molecular flexibility index (Phi) is 7.43. The van der Waals surface area contributed by atoms with Crippen LogP contribution in [-0.4, -0.2) is 77.2 Å². The quantitative estimate of drug-likeness (QED) is 0.495. The predicted molar refractivity (Wildman–Crippen MR) is 128 cm³/mol. The lowest BCUT2D eigenvalue weighted by Gasteiger charge is -2.33. The number of phenols is 1. The van der Waals surface area contributed by atoms with Gasteiger partial charge in [0.1, 0.15) is 5.75 Å². The molecule has 1 amide bonds. The van der Waals surface area contributed by atoms with Gasteiger partial charge in [-0.15, -0.1) is 0 Å². The first-order chi connectivity index (χ1) is 16.0. The number of aromatic nitrogens is 3. The molecular weight excluding hydrogens is 420 g/mol. The number of nitrogens with zero attached hydrogens (tertiary/aromatic N) is 5. The summed E-state index contributed by atoms with van der Waals surface area (Å²) in [6.45, 7) is 4.04. The van der Waals surface area contributed by atoms with Crippen molar-refractivity contribution in [3.63, 3.8) is 0 Å². The van der Waals surface area contributed by atoms with Gasteiger partial charge in [-0.05, 0) is 32.4 Å². The van der Waals surface area contributed by atoms with Crippen molar-refractivity contribution >= 4 is 23.8 Å². The van der Waals surface area contributed by atoms with Crippen molar-refractivity contribution in [2.24, 2.45) is 5.92 Å². The molecule has 2 aromatic rings. The first-order valence-corrected chi connectivity index (χ1v) is 11.7. The van der Waals surface area contributed by atoms with Gasteiger partial charge in [0, 0.05) is 57.3 Å². The number of hydrogen-bond donors (Lipinski definition) is 4. The summed E-state index contributed by atoms with van der Waals surface area (Å²) < 4.78 is 0. The van der Waals surface area contributed by atoms with Crippen molar-refractivity contribution < 1.29 is 9.90 Å². The molecule has 0 radical (unpaired) electrons. The summed E-state index contributed by atoms with van der Waals surface area (Å²) in [7, 11) is 3.92. The van der Waals surface area contributed by atoms with Gasteiger partial charge in [-0.25, -0.2) is 0 Å². The molecule has 4 N–H and O–H groups in total. The number of carbonyl (C=O) groups excluding carboxylic acids is 1. The van der Waals surface area contributed by atoms with Gasteiger partial charge in [-0.2, -0.15) is 15.0 Å². The molecule has 1 saturated heterocycles. The van der Waals surface area contributed by atoms with E-state index in [4.69, 9.17) is 0 Å². The molecule has 1 aromatic heterocycles. The average Bonchev–Trinajstić information content (AvgIpc) is 2.83. The van der Waals surface area contributed by atoms with Crippen LogP contribution in [0.5, 0.6) is 5.75 Å². The summed E-state index contributed by atoms with van der Waals surface area (Å²) in [5, 5.41) is 19.4. The highest BCUT2D eigenvalue weighted by atomic mass is 16.3. The molecule has 2 fully saturated rings. The number of likely N-dealkylation sites (N-methyl/N-ethyl adjacent to an activating group) is 1. The van der Waals surface area contributed by atoms with E-state index in [9.17, 15) is 9.90 Å². The van der Waals surface area contributed by atoms with E-state index in [1.165, 1.54) is 0 Å². The Hall–Kier alpha value is -3.14. The second-order valence-corrected chi connectivity index (χ2v) is 8.87. The smallest absolute Gasteiger partial charge is 0.232 e. The minimum atomic E-state index is -0.0789. The number of aromatic hydroxyl groups is 1. The van der Waals surface area contributed by atoms with Crippen LogP contribution in [-0.2, 0) is 11.3 Å². The van der Waals surface area contributed by atoms with Crippen molar-refractivity contribution in [2.45, 2.75) is 38.3 Å². The number of amides is 1. The Morgan fingerprint density at radius 2 is 1.85 bits per heavy atom. The highest BCUT2D eigenvalue weighted by Gasteiger charge is 2.28. The summed E-state index contributed by atoms with van der Waals surface area (Å²) in [5.41, 5.74) is 0.720. The third-order valence-corrected chi connectivity index (χ3v) is 6.46. The topological polar surface area (TPSA) is 119 Å². The summed E-state index contributed by atoms with van der Waals surface area (Å²) in [6, 6.07) is 7.19. The Balaban J connectivity index is 1.37. The Labute approximate surface area is 194 Å². The number of nitrogens with one attached hydrogen (secondary N) is 3. The van der Waals surface area contributed by atoms with Crippen molar-refractivity contribution in [1.82, 2.24) is 25.2 Å². The first-order valence-electron chi connectivity index (χ1n) is 11.7. The van der Waals surface area contributed by atoms with E-state index < -0.39 is 0 Å². The van der Waals surface area contributed by atoms with Gasteiger partial charge in [-0.3, -0.25) is 4.79 Å². The van der Waals surface area contributed by atoms with E-state index in [2.05, 4.69) is 47.7 Å². The van der Waals surface area contributed by atoms with Crippen LogP contribution in [0.25, 0.3) is 0 Å². The number of benzene rings is 1. The van der Waals surface area contributed by atoms with Gasteiger partial charge >= 0.3 is 0 Å². The molecule has 0 bridgehead atoms. The van der Waals surface area contributed by atoms with Crippen LogP contribution in [0.1, 0.15) is 31.2 Å². The molecule has 2 heterocycles. The van der Waals surface area contributed by atoms with Crippen molar-refractivity contribution in [1.29, 1.82) is 0 Å². The van der Waals surface area contributed by atoms with Crippen LogP contribution in [0.2, 0.25) is 0 Å². The minimum absolute atomic E-state index is 0.0226. The molecule has 10 heteroatoms. The third kappa shape index (κ3) is 6.01. The van der Waals surface area contributed by atoms with E-state index in [1.807, 2.05) is 12.1 Å². The average molecular weight is 455 g/mol. The zero-order valence-corrected chi connectivity index (χ0v) is 19.4. The molecule has 1 aromatic carbocycles. The summed E-state index contributed by atoms with van der Waals surface area (Å²) in [5.74, 6) is 1.90. The van der Waals surface area contributed by atoms with E-state index >= 15 is 0 Å². The number of rotatable bonds is 7. The molecule has 1 saturated carbocycles. The molecule has 2 aliphatic rings. The Morgan fingerprint density at radius 3 is 2.61 bits per heavy atom. The maximum absolute atomic E-state index is 12.8. The molecule has 2 atom stereocenters. The second kappa shape index (κ2) is 10.7.